The molecule has 1 amide bonds. The Labute approximate surface area is 143 Å². The Morgan fingerprint density at radius 2 is 1.88 bits per heavy atom. The van der Waals surface area contributed by atoms with Crippen LogP contribution in [-0.2, 0) is 20.7 Å². The number of nitrogens with zero attached hydrogens (tertiary/aromatic N) is 1. The lowest BCUT2D eigenvalue weighted by atomic mass is 10.0. The molecule has 0 saturated heterocycles. The van der Waals surface area contributed by atoms with Gasteiger partial charge in [-0.3, -0.25) is 4.79 Å². The van der Waals surface area contributed by atoms with Gasteiger partial charge in [-0.2, -0.15) is 0 Å². The molecule has 0 spiro atoms. The van der Waals surface area contributed by atoms with Gasteiger partial charge in [0.15, 0.2) is 18.1 Å². The van der Waals surface area contributed by atoms with Gasteiger partial charge in [0.1, 0.15) is 5.60 Å². The molecular formula is C18H27NO5. The van der Waals surface area contributed by atoms with Crippen molar-refractivity contribution in [1.82, 2.24) is 4.90 Å². The molecular weight excluding hydrogens is 310 g/mol. The van der Waals surface area contributed by atoms with Gasteiger partial charge >= 0.3 is 0 Å². The maximum Gasteiger partial charge on any atom is 0.260 e. The maximum atomic E-state index is 12.4. The predicted octanol–water partition coefficient (Wildman–Crippen LogP) is 1.90. The van der Waals surface area contributed by atoms with E-state index in [2.05, 4.69) is 0 Å². The summed E-state index contributed by atoms with van der Waals surface area (Å²) >= 11 is 0. The van der Waals surface area contributed by atoms with Gasteiger partial charge in [0.05, 0.1) is 13.2 Å². The number of methoxy groups -OCH3 is 2. The van der Waals surface area contributed by atoms with Gasteiger partial charge in [-0.05, 0) is 19.9 Å². The van der Waals surface area contributed by atoms with Crippen LogP contribution in [-0.4, -0.2) is 63.5 Å². The Bertz CT molecular complexity index is 550. The average Bonchev–Trinajstić information content (AvgIpc) is 2.87. The number of hydrogen-bond acceptors (Lipinski definition) is 5. The lowest BCUT2D eigenvalue weighted by molar-refractivity contribution is -0.134. The van der Waals surface area contributed by atoms with Gasteiger partial charge in [-0.15, -0.1) is 0 Å². The van der Waals surface area contributed by atoms with Crippen LogP contribution >= 0.6 is 0 Å². The van der Waals surface area contributed by atoms with Crippen molar-refractivity contribution in [3.05, 3.63) is 23.8 Å². The first-order valence-electron chi connectivity index (χ1n) is 8.16. The summed E-state index contributed by atoms with van der Waals surface area (Å²) < 4.78 is 21.8. The molecule has 1 aliphatic heterocycles. The molecule has 0 fully saturated rings. The lowest BCUT2D eigenvalue weighted by Crippen LogP contribution is -2.39. The van der Waals surface area contributed by atoms with Crippen LogP contribution in [0.25, 0.3) is 0 Å². The standard InChI is InChI=1S/C18H27NO5/c1-18(2)12-14-6-5-7-15(17(14)24-18)23-13-16(20)19(8-10-21-3)9-11-22-4/h5-7H,8-13H2,1-4H3. The van der Waals surface area contributed by atoms with E-state index in [0.717, 1.165) is 17.7 Å². The summed E-state index contributed by atoms with van der Waals surface area (Å²) in [6.07, 6.45) is 0.835. The van der Waals surface area contributed by atoms with Gasteiger partial charge in [0, 0.05) is 39.3 Å². The Kier molecular flexibility index (Phi) is 6.45. The fraction of sp³-hybridized carbons (Fsp3) is 0.611. The Hall–Kier alpha value is -1.79. The molecule has 0 bridgehead atoms. The number of carbonyl (C=O) groups excluding carboxylic acids is 1. The first-order valence-corrected chi connectivity index (χ1v) is 8.16. The van der Waals surface area contributed by atoms with Crippen LogP contribution < -0.4 is 9.47 Å². The molecule has 1 heterocycles. The molecule has 1 aromatic carbocycles. The SMILES string of the molecule is COCCN(CCOC)C(=O)COc1cccc2c1OC(C)(C)C2. The number of para-hydroxylation sites is 1. The van der Waals surface area contributed by atoms with Crippen LogP contribution in [0, 0.1) is 0 Å². The van der Waals surface area contributed by atoms with E-state index in [-0.39, 0.29) is 18.1 Å². The van der Waals surface area contributed by atoms with Gasteiger partial charge < -0.3 is 23.8 Å². The summed E-state index contributed by atoms with van der Waals surface area (Å²) in [6.45, 7) is 6.03. The van der Waals surface area contributed by atoms with Crippen LogP contribution in [0.5, 0.6) is 11.5 Å². The first kappa shape index (κ1) is 18.5. The number of benzene rings is 1. The molecule has 1 aromatic rings. The van der Waals surface area contributed by atoms with E-state index in [1.807, 2.05) is 32.0 Å². The topological polar surface area (TPSA) is 57.2 Å². The van der Waals surface area contributed by atoms with Gasteiger partial charge in [-0.25, -0.2) is 0 Å². The molecule has 0 atom stereocenters. The maximum absolute atomic E-state index is 12.4. The molecule has 0 aromatic heterocycles. The third-order valence-corrected chi connectivity index (χ3v) is 3.89. The van der Waals surface area contributed by atoms with Crippen molar-refractivity contribution >= 4 is 5.91 Å². The molecule has 134 valence electrons. The average molecular weight is 337 g/mol. The molecule has 0 radical (unpaired) electrons. The van der Waals surface area contributed by atoms with Gasteiger partial charge in [0.2, 0.25) is 0 Å². The highest BCUT2D eigenvalue weighted by molar-refractivity contribution is 5.78. The fourth-order valence-electron chi connectivity index (χ4n) is 2.70. The van der Waals surface area contributed by atoms with Crippen LogP contribution in [0.15, 0.2) is 18.2 Å². The second kappa shape index (κ2) is 8.35. The highest BCUT2D eigenvalue weighted by Gasteiger charge is 2.32. The zero-order valence-corrected chi connectivity index (χ0v) is 15.0. The summed E-state index contributed by atoms with van der Waals surface area (Å²) in [5.41, 5.74) is 0.870. The second-order valence-electron chi connectivity index (χ2n) is 6.44. The molecule has 0 N–H and O–H groups in total. The minimum absolute atomic E-state index is 0.0341. The van der Waals surface area contributed by atoms with E-state index >= 15 is 0 Å². The zero-order valence-electron chi connectivity index (χ0n) is 15.0. The third kappa shape index (κ3) is 4.85. The number of rotatable bonds is 9. The van der Waals surface area contributed by atoms with Crippen molar-refractivity contribution in [2.45, 2.75) is 25.9 Å². The fourth-order valence-corrected chi connectivity index (χ4v) is 2.70. The highest BCUT2D eigenvalue weighted by atomic mass is 16.5. The van der Waals surface area contributed by atoms with E-state index < -0.39 is 0 Å². The molecule has 6 nitrogen and oxygen atoms in total. The van der Waals surface area contributed by atoms with Crippen molar-refractivity contribution in [3.63, 3.8) is 0 Å². The predicted molar refractivity (Wildman–Crippen MR) is 90.7 cm³/mol. The quantitative estimate of drug-likeness (QED) is 0.689. The van der Waals surface area contributed by atoms with E-state index in [9.17, 15) is 4.79 Å². The molecule has 2 rings (SSSR count). The van der Waals surface area contributed by atoms with E-state index in [0.29, 0.717) is 32.1 Å². The van der Waals surface area contributed by atoms with Gasteiger partial charge in [0.25, 0.3) is 5.91 Å². The molecule has 0 unspecified atom stereocenters. The van der Waals surface area contributed by atoms with Crippen LogP contribution in [0.4, 0.5) is 0 Å². The summed E-state index contributed by atoms with van der Waals surface area (Å²) in [6, 6.07) is 5.79. The summed E-state index contributed by atoms with van der Waals surface area (Å²) in [4.78, 5) is 14.1. The van der Waals surface area contributed by atoms with Crippen molar-refractivity contribution in [2.75, 3.05) is 47.1 Å². The number of hydrogen-bond donors (Lipinski definition) is 0. The smallest absolute Gasteiger partial charge is 0.260 e. The summed E-state index contributed by atoms with van der Waals surface area (Å²) in [5, 5.41) is 0. The molecule has 0 aliphatic carbocycles. The van der Waals surface area contributed by atoms with Crippen molar-refractivity contribution < 1.29 is 23.7 Å². The zero-order chi connectivity index (χ0) is 17.6. The Balaban J connectivity index is 1.97. The lowest BCUT2D eigenvalue weighted by Gasteiger charge is -2.22. The number of fused-ring (bicyclic) bond motifs is 1. The van der Waals surface area contributed by atoms with Crippen LogP contribution in [0.2, 0.25) is 0 Å². The molecule has 1 aliphatic rings. The van der Waals surface area contributed by atoms with E-state index in [4.69, 9.17) is 18.9 Å². The van der Waals surface area contributed by atoms with Crippen LogP contribution in [0.1, 0.15) is 19.4 Å². The largest absolute Gasteiger partial charge is 0.483 e. The second-order valence-corrected chi connectivity index (χ2v) is 6.44. The summed E-state index contributed by atoms with van der Waals surface area (Å²) in [5.74, 6) is 1.26. The monoisotopic (exact) mass is 337 g/mol. The number of carbonyl (C=O) groups is 1. The number of ether oxygens (including phenoxy) is 4. The third-order valence-electron chi connectivity index (χ3n) is 3.89. The Morgan fingerprint density at radius 3 is 2.50 bits per heavy atom. The Morgan fingerprint density at radius 1 is 1.21 bits per heavy atom. The van der Waals surface area contributed by atoms with Gasteiger partial charge in [-0.1, -0.05) is 12.1 Å². The normalized spacial score (nSPS) is 14.8. The molecule has 0 saturated carbocycles. The number of amides is 1. The van der Waals surface area contributed by atoms with E-state index in [1.165, 1.54) is 0 Å². The summed E-state index contributed by atoms with van der Waals surface area (Å²) in [7, 11) is 3.23. The highest BCUT2D eigenvalue weighted by Crippen LogP contribution is 2.41. The minimum Gasteiger partial charge on any atom is -0.483 e. The molecule has 6 heteroatoms. The van der Waals surface area contributed by atoms with Crippen molar-refractivity contribution in [3.8, 4) is 11.5 Å². The van der Waals surface area contributed by atoms with Crippen LogP contribution in [0.3, 0.4) is 0 Å². The van der Waals surface area contributed by atoms with E-state index in [1.54, 1.807) is 19.1 Å². The van der Waals surface area contributed by atoms with Crippen molar-refractivity contribution in [2.24, 2.45) is 0 Å². The molecule has 24 heavy (non-hydrogen) atoms. The minimum atomic E-state index is -0.241. The van der Waals surface area contributed by atoms with Crippen molar-refractivity contribution in [1.29, 1.82) is 0 Å². The first-order chi connectivity index (χ1) is 11.5.